The molecule has 0 saturated heterocycles. The predicted molar refractivity (Wildman–Crippen MR) is 123 cm³/mol. The van der Waals surface area contributed by atoms with E-state index in [2.05, 4.69) is 5.32 Å². The number of aryl methyl sites for hydroxylation is 2. The van der Waals surface area contributed by atoms with Gasteiger partial charge in [-0.05, 0) is 55.5 Å². The van der Waals surface area contributed by atoms with Crippen molar-refractivity contribution in [2.24, 2.45) is 0 Å². The Labute approximate surface area is 183 Å². The number of nitrogens with one attached hydrogen (secondary N) is 1. The summed E-state index contributed by atoms with van der Waals surface area (Å²) in [6, 6.07) is 12.6. The third-order valence-electron chi connectivity index (χ3n) is 5.95. The van der Waals surface area contributed by atoms with Crippen molar-refractivity contribution in [2.45, 2.75) is 44.9 Å². The molecule has 1 heterocycles. The highest BCUT2D eigenvalue weighted by molar-refractivity contribution is 7.89. The van der Waals surface area contributed by atoms with Crippen molar-refractivity contribution >= 4 is 32.5 Å². The Kier molecular flexibility index (Phi) is 5.81. The summed E-state index contributed by atoms with van der Waals surface area (Å²) in [6.45, 7) is 6.27. The minimum absolute atomic E-state index is 0.182. The molecular weight excluding hydrogens is 410 g/mol. The van der Waals surface area contributed by atoms with Crippen LogP contribution in [0.5, 0.6) is 0 Å². The van der Waals surface area contributed by atoms with E-state index in [1.54, 1.807) is 18.2 Å². The molecule has 0 spiro atoms. The lowest BCUT2D eigenvalue weighted by atomic mass is 10.0. The molecule has 1 aliphatic carbocycles. The fourth-order valence-electron chi connectivity index (χ4n) is 4.26. The van der Waals surface area contributed by atoms with E-state index in [0.717, 1.165) is 47.0 Å². The quantitative estimate of drug-likeness (QED) is 0.623. The van der Waals surface area contributed by atoms with Gasteiger partial charge in [-0.1, -0.05) is 38.1 Å². The van der Waals surface area contributed by atoms with Gasteiger partial charge in [-0.25, -0.2) is 8.42 Å². The van der Waals surface area contributed by atoms with E-state index in [0.29, 0.717) is 24.3 Å². The van der Waals surface area contributed by atoms with E-state index >= 15 is 0 Å². The zero-order chi connectivity index (χ0) is 22.2. The second-order valence-corrected chi connectivity index (χ2v) is 9.74. The number of para-hydroxylation sites is 1. The first kappa shape index (κ1) is 21.5. The highest BCUT2D eigenvalue weighted by Crippen LogP contribution is 2.31. The van der Waals surface area contributed by atoms with Crippen LogP contribution in [0.3, 0.4) is 0 Å². The lowest BCUT2D eigenvalue weighted by Crippen LogP contribution is -2.30. The SMILES string of the molecule is CCN(CC)S(=O)(=O)c1ccc(C)c(NC(=O)c2c3c(nc4ccccc24)CCC3)c1. The molecule has 0 atom stereocenters. The van der Waals surface area contributed by atoms with Crippen molar-refractivity contribution in [2.75, 3.05) is 18.4 Å². The fourth-order valence-corrected chi connectivity index (χ4v) is 5.75. The molecule has 4 rings (SSSR count). The first-order chi connectivity index (χ1) is 14.9. The summed E-state index contributed by atoms with van der Waals surface area (Å²) in [7, 11) is -3.61. The van der Waals surface area contributed by atoms with Crippen LogP contribution in [0.4, 0.5) is 5.69 Å². The van der Waals surface area contributed by atoms with Gasteiger partial charge >= 0.3 is 0 Å². The molecule has 31 heavy (non-hydrogen) atoms. The Morgan fingerprint density at radius 2 is 1.84 bits per heavy atom. The van der Waals surface area contributed by atoms with E-state index in [9.17, 15) is 13.2 Å². The maximum atomic E-state index is 13.4. The molecule has 162 valence electrons. The topological polar surface area (TPSA) is 79.4 Å². The van der Waals surface area contributed by atoms with Crippen LogP contribution in [0.15, 0.2) is 47.4 Å². The third-order valence-corrected chi connectivity index (χ3v) is 7.99. The number of nitrogens with zero attached hydrogens (tertiary/aromatic N) is 2. The van der Waals surface area contributed by atoms with Crippen molar-refractivity contribution < 1.29 is 13.2 Å². The second-order valence-electron chi connectivity index (χ2n) is 7.80. The van der Waals surface area contributed by atoms with Crippen LogP contribution < -0.4 is 5.32 Å². The van der Waals surface area contributed by atoms with Gasteiger partial charge in [-0.2, -0.15) is 4.31 Å². The zero-order valence-corrected chi connectivity index (χ0v) is 18.9. The molecule has 1 aliphatic rings. The zero-order valence-electron chi connectivity index (χ0n) is 18.1. The molecule has 0 bridgehead atoms. The van der Waals surface area contributed by atoms with E-state index in [1.807, 2.05) is 45.0 Å². The van der Waals surface area contributed by atoms with Crippen molar-refractivity contribution in [3.63, 3.8) is 0 Å². The van der Waals surface area contributed by atoms with Crippen LogP contribution in [0, 0.1) is 6.92 Å². The number of hydrogen-bond acceptors (Lipinski definition) is 4. The summed E-state index contributed by atoms with van der Waals surface area (Å²) >= 11 is 0. The van der Waals surface area contributed by atoms with Crippen LogP contribution in [0.1, 0.15) is 47.4 Å². The van der Waals surface area contributed by atoms with Crippen LogP contribution in [0.25, 0.3) is 10.9 Å². The average molecular weight is 438 g/mol. The van der Waals surface area contributed by atoms with Crippen molar-refractivity contribution in [1.82, 2.24) is 9.29 Å². The molecule has 0 fully saturated rings. The number of amides is 1. The number of rotatable bonds is 6. The summed E-state index contributed by atoms with van der Waals surface area (Å²) in [4.78, 5) is 18.4. The van der Waals surface area contributed by atoms with Crippen molar-refractivity contribution in [3.05, 3.63) is 64.8 Å². The molecule has 0 radical (unpaired) electrons. The molecule has 1 N–H and O–H groups in total. The van der Waals surface area contributed by atoms with Crippen LogP contribution in [0.2, 0.25) is 0 Å². The van der Waals surface area contributed by atoms with Crippen LogP contribution in [-0.2, 0) is 22.9 Å². The van der Waals surface area contributed by atoms with Gasteiger partial charge in [0.05, 0.1) is 16.0 Å². The fraction of sp³-hybridized carbons (Fsp3) is 0.333. The van der Waals surface area contributed by atoms with Crippen molar-refractivity contribution in [1.29, 1.82) is 0 Å². The Morgan fingerprint density at radius 3 is 2.58 bits per heavy atom. The number of anilines is 1. The lowest BCUT2D eigenvalue weighted by Gasteiger charge is -2.20. The number of sulfonamides is 1. The lowest BCUT2D eigenvalue weighted by molar-refractivity contribution is 0.102. The van der Waals surface area contributed by atoms with Gasteiger partial charge in [-0.3, -0.25) is 9.78 Å². The first-order valence-electron chi connectivity index (χ1n) is 10.7. The smallest absolute Gasteiger partial charge is 0.256 e. The summed E-state index contributed by atoms with van der Waals surface area (Å²) in [6.07, 6.45) is 2.68. The highest BCUT2D eigenvalue weighted by atomic mass is 32.2. The molecule has 2 aromatic carbocycles. The number of fused-ring (bicyclic) bond motifs is 2. The van der Waals surface area contributed by atoms with Gasteiger partial charge in [0.1, 0.15) is 0 Å². The monoisotopic (exact) mass is 437 g/mol. The van der Waals surface area contributed by atoms with Gasteiger partial charge in [0.25, 0.3) is 5.91 Å². The Balaban J connectivity index is 1.76. The Hall–Kier alpha value is -2.77. The van der Waals surface area contributed by atoms with Gasteiger partial charge in [0.2, 0.25) is 10.0 Å². The van der Waals surface area contributed by atoms with Crippen molar-refractivity contribution in [3.8, 4) is 0 Å². The highest BCUT2D eigenvalue weighted by Gasteiger charge is 2.25. The molecule has 0 aliphatic heterocycles. The largest absolute Gasteiger partial charge is 0.322 e. The molecular formula is C24H27N3O3S. The minimum atomic E-state index is -3.61. The average Bonchev–Trinajstić information content (AvgIpc) is 3.21. The number of carbonyl (C=O) groups is 1. The summed E-state index contributed by atoms with van der Waals surface area (Å²) in [5.41, 5.74) is 4.75. The van der Waals surface area contributed by atoms with Gasteiger partial charge < -0.3 is 5.32 Å². The standard InChI is InChI=1S/C24H27N3O3S/c1-4-27(5-2)31(29,30)17-14-13-16(3)22(15-17)26-24(28)23-18-9-6-7-11-20(18)25-21-12-8-10-19(21)23/h6-7,9,11,13-15H,4-5,8,10,12H2,1-3H3,(H,26,28). The molecule has 0 saturated carbocycles. The molecule has 6 nitrogen and oxygen atoms in total. The molecule has 0 unspecified atom stereocenters. The minimum Gasteiger partial charge on any atom is -0.322 e. The summed E-state index contributed by atoms with van der Waals surface area (Å²) in [5, 5.41) is 3.81. The summed E-state index contributed by atoms with van der Waals surface area (Å²) in [5.74, 6) is -0.225. The predicted octanol–water partition coefficient (Wildman–Crippen LogP) is 4.31. The maximum Gasteiger partial charge on any atom is 0.256 e. The molecule has 7 heteroatoms. The van der Waals surface area contributed by atoms with Gasteiger partial charge in [0.15, 0.2) is 0 Å². The number of aromatic nitrogens is 1. The normalized spacial score (nSPS) is 13.5. The molecule has 3 aromatic rings. The number of carbonyl (C=O) groups excluding carboxylic acids is 1. The Morgan fingerprint density at radius 1 is 1.10 bits per heavy atom. The third kappa shape index (κ3) is 3.83. The van der Waals surface area contributed by atoms with Crippen LogP contribution >= 0.6 is 0 Å². The van der Waals surface area contributed by atoms with Crippen LogP contribution in [-0.4, -0.2) is 36.7 Å². The first-order valence-corrected chi connectivity index (χ1v) is 12.1. The second kappa shape index (κ2) is 8.40. The maximum absolute atomic E-state index is 13.4. The number of hydrogen-bond donors (Lipinski definition) is 1. The Bertz CT molecular complexity index is 1260. The van der Waals surface area contributed by atoms with E-state index < -0.39 is 10.0 Å². The van der Waals surface area contributed by atoms with E-state index in [-0.39, 0.29) is 10.8 Å². The van der Waals surface area contributed by atoms with E-state index in [1.165, 1.54) is 4.31 Å². The number of pyridine rings is 1. The number of benzene rings is 2. The van der Waals surface area contributed by atoms with Gasteiger partial charge in [0, 0.05) is 29.9 Å². The molecule has 1 amide bonds. The molecule has 1 aromatic heterocycles. The van der Waals surface area contributed by atoms with E-state index in [4.69, 9.17) is 4.98 Å². The van der Waals surface area contributed by atoms with Gasteiger partial charge in [-0.15, -0.1) is 0 Å². The summed E-state index contributed by atoms with van der Waals surface area (Å²) < 4.78 is 27.3.